The highest BCUT2D eigenvalue weighted by atomic mass is 35.5. The number of aromatic amines is 1. The lowest BCUT2D eigenvalue weighted by molar-refractivity contribution is 0.0689. The lowest BCUT2D eigenvalue weighted by Gasteiger charge is -2.28. The molecule has 2 heterocycles. The zero-order valence-corrected chi connectivity index (χ0v) is 15.7. The van der Waals surface area contributed by atoms with Gasteiger partial charge in [0.1, 0.15) is 0 Å². The number of amides is 1. The van der Waals surface area contributed by atoms with Crippen molar-refractivity contribution in [1.29, 1.82) is 0 Å². The van der Waals surface area contributed by atoms with Gasteiger partial charge < -0.3 is 24.2 Å². The van der Waals surface area contributed by atoms with Gasteiger partial charge in [-0.15, -0.1) is 0 Å². The van der Waals surface area contributed by atoms with Crippen molar-refractivity contribution in [3.8, 4) is 17.2 Å². The molecule has 1 aliphatic heterocycles. The van der Waals surface area contributed by atoms with Crippen molar-refractivity contribution in [3.05, 3.63) is 33.6 Å². The molecule has 144 valence electrons. The number of hydrogen-bond donors (Lipinski definition) is 2. The summed E-state index contributed by atoms with van der Waals surface area (Å²) in [4.78, 5) is 25.9. The predicted molar refractivity (Wildman–Crippen MR) is 95.1 cm³/mol. The fourth-order valence-corrected chi connectivity index (χ4v) is 3.44. The van der Waals surface area contributed by atoms with E-state index in [0.717, 1.165) is 0 Å². The van der Waals surface area contributed by atoms with E-state index in [1.165, 1.54) is 27.4 Å². The molecule has 0 aliphatic carbocycles. The van der Waals surface area contributed by atoms with Gasteiger partial charge in [0.2, 0.25) is 5.75 Å². The summed E-state index contributed by atoms with van der Waals surface area (Å²) >= 11 is 6.23. The Morgan fingerprint density at radius 2 is 1.85 bits per heavy atom. The number of rotatable bonds is 5. The Bertz CT molecular complexity index is 911. The summed E-state index contributed by atoms with van der Waals surface area (Å²) in [6.45, 7) is 0.532. The number of H-pyrrole nitrogens is 1. The van der Waals surface area contributed by atoms with Crippen molar-refractivity contribution in [2.45, 2.75) is 13.0 Å². The molecule has 0 fully saturated rings. The van der Waals surface area contributed by atoms with Crippen LogP contribution in [0.4, 0.5) is 0 Å². The molecule has 1 aromatic heterocycles. The lowest BCUT2D eigenvalue weighted by Crippen LogP contribution is -2.36. The summed E-state index contributed by atoms with van der Waals surface area (Å²) < 4.78 is 15.9. The van der Waals surface area contributed by atoms with Gasteiger partial charge >= 0.3 is 5.97 Å². The number of halogens is 1. The van der Waals surface area contributed by atoms with Gasteiger partial charge in [0.25, 0.3) is 5.91 Å². The molecule has 10 heteroatoms. The van der Waals surface area contributed by atoms with E-state index in [9.17, 15) is 9.59 Å². The maximum atomic E-state index is 13.1. The van der Waals surface area contributed by atoms with Crippen LogP contribution >= 0.6 is 11.6 Å². The minimum absolute atomic E-state index is 0.0103. The van der Waals surface area contributed by atoms with Gasteiger partial charge in [-0.3, -0.25) is 9.89 Å². The first kappa shape index (κ1) is 18.8. The number of carbonyl (C=O) groups is 2. The van der Waals surface area contributed by atoms with Crippen LogP contribution in [0.15, 0.2) is 6.07 Å². The van der Waals surface area contributed by atoms with Crippen LogP contribution in [0.3, 0.4) is 0 Å². The maximum Gasteiger partial charge on any atom is 0.356 e. The van der Waals surface area contributed by atoms with Gasteiger partial charge in [-0.25, -0.2) is 4.79 Å². The van der Waals surface area contributed by atoms with Crippen LogP contribution in [0.25, 0.3) is 0 Å². The van der Waals surface area contributed by atoms with E-state index in [2.05, 4.69) is 10.2 Å². The third kappa shape index (κ3) is 3.14. The minimum atomic E-state index is -1.10. The van der Waals surface area contributed by atoms with Gasteiger partial charge in [-0.1, -0.05) is 11.6 Å². The number of methoxy groups -OCH3 is 3. The second-order valence-electron chi connectivity index (χ2n) is 5.82. The zero-order chi connectivity index (χ0) is 19.7. The first-order chi connectivity index (χ1) is 12.9. The molecular weight excluding hydrogens is 378 g/mol. The number of carboxylic acids is 1. The van der Waals surface area contributed by atoms with Crippen LogP contribution in [0.1, 0.15) is 32.1 Å². The monoisotopic (exact) mass is 395 g/mol. The quantitative estimate of drug-likeness (QED) is 0.795. The van der Waals surface area contributed by atoms with Gasteiger partial charge in [-0.2, -0.15) is 5.10 Å². The largest absolute Gasteiger partial charge is 0.492 e. The molecule has 0 saturated heterocycles. The van der Waals surface area contributed by atoms with Gasteiger partial charge in [-0.05, 0) is 12.5 Å². The molecule has 1 aliphatic rings. The molecule has 0 radical (unpaired) electrons. The molecule has 0 unspecified atom stereocenters. The number of nitrogens with zero attached hydrogens (tertiary/aromatic N) is 2. The first-order valence-corrected chi connectivity index (χ1v) is 8.37. The molecule has 1 aromatic carbocycles. The normalized spacial score (nSPS) is 13.1. The number of carbonyl (C=O) groups excluding carboxylic acids is 1. The fourth-order valence-electron chi connectivity index (χ4n) is 3.17. The SMILES string of the molecule is COc1c(Cl)cc(C(=O)N2CCc3c(C(=O)O)n[nH]c3C2)c(OC)c1OC. The topological polar surface area (TPSA) is 114 Å². The lowest BCUT2D eigenvalue weighted by atomic mass is 10.0. The van der Waals surface area contributed by atoms with Crippen LogP contribution in [0.5, 0.6) is 17.2 Å². The van der Waals surface area contributed by atoms with Crippen molar-refractivity contribution in [3.63, 3.8) is 0 Å². The number of nitrogens with one attached hydrogen (secondary N) is 1. The van der Waals surface area contributed by atoms with Gasteiger partial charge in [0.15, 0.2) is 17.2 Å². The molecular formula is C17H18ClN3O6. The third-order valence-electron chi connectivity index (χ3n) is 4.41. The van der Waals surface area contributed by atoms with E-state index in [-0.39, 0.29) is 46.0 Å². The molecule has 1 amide bonds. The van der Waals surface area contributed by atoms with Gasteiger partial charge in [0, 0.05) is 12.1 Å². The van der Waals surface area contributed by atoms with Crippen molar-refractivity contribution in [2.75, 3.05) is 27.9 Å². The van der Waals surface area contributed by atoms with E-state index < -0.39 is 5.97 Å². The van der Waals surface area contributed by atoms with Crippen molar-refractivity contribution >= 4 is 23.5 Å². The molecule has 3 rings (SSSR count). The number of hydrogen-bond acceptors (Lipinski definition) is 6. The van der Waals surface area contributed by atoms with Crippen LogP contribution in [0, 0.1) is 0 Å². The Labute approximate surface area is 159 Å². The summed E-state index contributed by atoms with van der Waals surface area (Å²) in [5.74, 6) is -0.714. The Morgan fingerprint density at radius 1 is 1.19 bits per heavy atom. The highest BCUT2D eigenvalue weighted by Gasteiger charge is 2.31. The highest BCUT2D eigenvalue weighted by Crippen LogP contribution is 2.45. The number of fused-ring (bicyclic) bond motifs is 1. The average Bonchev–Trinajstić information content (AvgIpc) is 3.09. The average molecular weight is 396 g/mol. The fraction of sp³-hybridized carbons (Fsp3) is 0.353. The predicted octanol–water partition coefficient (Wildman–Crippen LogP) is 1.99. The standard InChI is InChI=1S/C17H18ClN3O6/c1-25-13-9(6-10(18)14(26-2)15(13)27-3)16(22)21-5-4-8-11(7-21)19-20-12(8)17(23)24/h6H,4-5,7H2,1-3H3,(H,19,20)(H,23,24). The van der Waals surface area contributed by atoms with E-state index >= 15 is 0 Å². The Kier molecular flexibility index (Phi) is 5.13. The molecule has 0 atom stereocenters. The summed E-state index contributed by atoms with van der Waals surface area (Å²) in [6, 6.07) is 1.47. The maximum absolute atomic E-state index is 13.1. The summed E-state index contributed by atoms with van der Waals surface area (Å²) in [5.41, 5.74) is 1.42. The molecule has 0 spiro atoms. The Balaban J connectivity index is 1.97. The number of aromatic nitrogens is 2. The highest BCUT2D eigenvalue weighted by molar-refractivity contribution is 6.33. The van der Waals surface area contributed by atoms with Crippen LogP contribution in [-0.4, -0.2) is 60.0 Å². The first-order valence-electron chi connectivity index (χ1n) is 8.00. The number of benzene rings is 1. The van der Waals surface area contributed by atoms with E-state index in [4.69, 9.17) is 30.9 Å². The van der Waals surface area contributed by atoms with Crippen molar-refractivity contribution in [1.82, 2.24) is 15.1 Å². The van der Waals surface area contributed by atoms with Crippen LogP contribution in [-0.2, 0) is 13.0 Å². The van der Waals surface area contributed by atoms with Crippen molar-refractivity contribution in [2.24, 2.45) is 0 Å². The molecule has 9 nitrogen and oxygen atoms in total. The molecule has 0 bridgehead atoms. The van der Waals surface area contributed by atoms with E-state index in [0.29, 0.717) is 24.2 Å². The number of carboxylic acid groups (broad SMARTS) is 1. The number of ether oxygens (including phenoxy) is 3. The summed E-state index contributed by atoms with van der Waals surface area (Å²) in [5, 5.41) is 15.9. The Morgan fingerprint density at radius 3 is 2.44 bits per heavy atom. The minimum Gasteiger partial charge on any atom is -0.492 e. The van der Waals surface area contributed by atoms with E-state index in [1.54, 1.807) is 4.90 Å². The van der Waals surface area contributed by atoms with E-state index in [1.807, 2.05) is 0 Å². The molecule has 2 aromatic rings. The van der Waals surface area contributed by atoms with Crippen molar-refractivity contribution < 1.29 is 28.9 Å². The second kappa shape index (κ2) is 7.36. The van der Waals surface area contributed by atoms with Crippen LogP contribution in [0.2, 0.25) is 5.02 Å². The van der Waals surface area contributed by atoms with Gasteiger partial charge in [0.05, 0.1) is 44.2 Å². The molecule has 27 heavy (non-hydrogen) atoms. The molecule has 2 N–H and O–H groups in total. The second-order valence-corrected chi connectivity index (χ2v) is 6.22. The summed E-state index contributed by atoms with van der Waals surface area (Å²) in [7, 11) is 4.29. The zero-order valence-electron chi connectivity index (χ0n) is 15.0. The summed E-state index contributed by atoms with van der Waals surface area (Å²) in [6.07, 6.45) is 0.378. The van der Waals surface area contributed by atoms with Crippen LogP contribution < -0.4 is 14.2 Å². The number of aromatic carboxylic acids is 1. The Hall–Kier alpha value is -2.94. The smallest absolute Gasteiger partial charge is 0.356 e. The molecule has 0 saturated carbocycles. The third-order valence-corrected chi connectivity index (χ3v) is 4.69.